The first kappa shape index (κ1) is 24.0. The van der Waals surface area contributed by atoms with Crippen LogP contribution >= 0.6 is 11.3 Å². The molecule has 0 saturated carbocycles. The number of H-pyrrole nitrogens is 1. The van der Waals surface area contributed by atoms with Crippen LogP contribution in [-0.4, -0.2) is 38.8 Å². The zero-order valence-electron chi connectivity index (χ0n) is 19.3. The van der Waals surface area contributed by atoms with Gasteiger partial charge in [0, 0.05) is 9.65 Å². The van der Waals surface area contributed by atoms with Crippen molar-refractivity contribution in [2.45, 2.75) is 53.2 Å². The molecule has 2 heterocycles. The van der Waals surface area contributed by atoms with E-state index in [-0.39, 0.29) is 11.5 Å². The first-order valence-corrected chi connectivity index (χ1v) is 11.3. The summed E-state index contributed by atoms with van der Waals surface area (Å²) in [5.41, 5.74) is 1.91. The third-order valence-electron chi connectivity index (χ3n) is 4.76. The molecule has 4 N–H and O–H groups in total. The molecule has 0 aliphatic rings. The summed E-state index contributed by atoms with van der Waals surface area (Å²) in [7, 11) is -1.46. The number of carbonyl (C=O) groups is 1. The Morgan fingerprint density at radius 3 is 2.22 bits per heavy atom. The Labute approximate surface area is 193 Å². The van der Waals surface area contributed by atoms with Crippen LogP contribution < -0.4 is 10.1 Å². The first-order chi connectivity index (χ1) is 14.8. The summed E-state index contributed by atoms with van der Waals surface area (Å²) in [6.07, 6.45) is 1.27. The van der Waals surface area contributed by atoms with Crippen LogP contribution in [-0.2, 0) is 4.74 Å². The number of benzene rings is 1. The minimum atomic E-state index is -1.46. The van der Waals surface area contributed by atoms with Gasteiger partial charge in [-0.05, 0) is 43.4 Å². The van der Waals surface area contributed by atoms with E-state index >= 15 is 0 Å². The van der Waals surface area contributed by atoms with Crippen molar-refractivity contribution in [3.8, 4) is 21.7 Å². The van der Waals surface area contributed by atoms with Crippen molar-refractivity contribution in [2.24, 2.45) is 5.41 Å². The van der Waals surface area contributed by atoms with E-state index < -0.39 is 18.8 Å². The number of alkyl carbamates (subject to hydrolysis) is 1. The summed E-state index contributed by atoms with van der Waals surface area (Å²) in [5, 5.41) is 21.6. The number of hydrogen-bond acceptors (Lipinski definition) is 6. The molecule has 0 spiro atoms. The lowest BCUT2D eigenvalue weighted by Crippen LogP contribution is -2.40. The van der Waals surface area contributed by atoms with Crippen LogP contribution in [0.4, 0.5) is 4.79 Å². The predicted octanol–water partition coefficient (Wildman–Crippen LogP) is 4.10. The average Bonchev–Trinajstić information content (AvgIpc) is 3.34. The Bertz CT molecular complexity index is 1060. The highest BCUT2D eigenvalue weighted by Gasteiger charge is 2.32. The lowest BCUT2D eigenvalue weighted by Gasteiger charge is -2.31. The molecular formula is C23H30BN3O4S. The largest absolute Gasteiger partial charge is 0.499 e. The van der Waals surface area contributed by atoms with Crippen LogP contribution in [0, 0.1) is 5.41 Å². The predicted molar refractivity (Wildman–Crippen MR) is 129 cm³/mol. The summed E-state index contributed by atoms with van der Waals surface area (Å²) >= 11 is 1.34. The van der Waals surface area contributed by atoms with Crippen LogP contribution in [0.3, 0.4) is 0 Å². The first-order valence-electron chi connectivity index (χ1n) is 10.4. The fourth-order valence-electron chi connectivity index (χ4n) is 3.21. The standard InChI is InChI=1S/C23H30BN3O4S/c1-22(2,3)19(27-21(28)31-23(4,5)6)20-25-13-16(26-20)14-7-9-15(10-8-14)17-11-12-18(32-17)24(29)30/h7-13,19,29-30H,1-6H3,(H,25,26)(H,27,28). The van der Waals surface area contributed by atoms with Gasteiger partial charge in [-0.1, -0.05) is 51.1 Å². The topological polar surface area (TPSA) is 107 Å². The maximum Gasteiger partial charge on any atom is 0.499 e. The number of ether oxygens (including phenoxy) is 1. The van der Waals surface area contributed by atoms with E-state index in [1.807, 2.05) is 71.9 Å². The lowest BCUT2D eigenvalue weighted by molar-refractivity contribution is 0.0458. The quantitative estimate of drug-likeness (QED) is 0.434. The molecule has 0 saturated heterocycles. The third-order valence-corrected chi connectivity index (χ3v) is 5.93. The summed E-state index contributed by atoms with van der Waals surface area (Å²) in [6.45, 7) is 11.6. The van der Waals surface area contributed by atoms with Crippen LogP contribution in [0.5, 0.6) is 0 Å². The van der Waals surface area contributed by atoms with E-state index in [0.717, 1.165) is 21.7 Å². The molecule has 3 rings (SSSR count). The third kappa shape index (κ3) is 6.00. The highest BCUT2D eigenvalue weighted by atomic mass is 32.1. The second-order valence-electron chi connectivity index (χ2n) is 9.78. The summed E-state index contributed by atoms with van der Waals surface area (Å²) < 4.78 is 5.93. The van der Waals surface area contributed by atoms with Gasteiger partial charge in [-0.2, -0.15) is 0 Å². The number of thiophene rings is 1. The fourth-order valence-corrected chi connectivity index (χ4v) is 4.10. The van der Waals surface area contributed by atoms with Gasteiger partial charge in [0.1, 0.15) is 11.4 Å². The summed E-state index contributed by atoms with van der Waals surface area (Å²) in [5.74, 6) is 0.655. The fraction of sp³-hybridized carbons (Fsp3) is 0.391. The number of carbonyl (C=O) groups excluding carboxylic acids is 1. The van der Waals surface area contributed by atoms with E-state index in [1.165, 1.54) is 11.3 Å². The molecule has 0 aliphatic carbocycles. The Morgan fingerprint density at radius 2 is 1.69 bits per heavy atom. The van der Waals surface area contributed by atoms with E-state index in [1.54, 1.807) is 12.3 Å². The van der Waals surface area contributed by atoms with Gasteiger partial charge < -0.3 is 25.1 Å². The average molecular weight is 455 g/mol. The van der Waals surface area contributed by atoms with E-state index in [4.69, 9.17) is 4.74 Å². The molecular weight excluding hydrogens is 425 g/mol. The van der Waals surface area contributed by atoms with Gasteiger partial charge in [-0.15, -0.1) is 11.3 Å². The molecule has 1 amide bonds. The number of nitrogens with one attached hydrogen (secondary N) is 2. The van der Waals surface area contributed by atoms with Gasteiger partial charge in [-0.3, -0.25) is 0 Å². The number of rotatable bonds is 5. The van der Waals surface area contributed by atoms with Crippen molar-refractivity contribution in [3.63, 3.8) is 0 Å². The van der Waals surface area contributed by atoms with Gasteiger partial charge in [-0.25, -0.2) is 9.78 Å². The van der Waals surface area contributed by atoms with Crippen molar-refractivity contribution < 1.29 is 19.6 Å². The number of aromatic amines is 1. The molecule has 1 aromatic carbocycles. The van der Waals surface area contributed by atoms with Gasteiger partial charge >= 0.3 is 13.2 Å². The Kier molecular flexibility index (Phi) is 6.83. The number of hydrogen-bond donors (Lipinski definition) is 4. The van der Waals surface area contributed by atoms with Crippen molar-refractivity contribution in [2.75, 3.05) is 0 Å². The molecule has 0 bridgehead atoms. The molecule has 170 valence electrons. The lowest BCUT2D eigenvalue weighted by atomic mass is 9.86. The smallest absolute Gasteiger partial charge is 0.444 e. The highest BCUT2D eigenvalue weighted by Crippen LogP contribution is 2.33. The number of amides is 1. The molecule has 2 aromatic heterocycles. The normalized spacial score (nSPS) is 13.0. The summed E-state index contributed by atoms with van der Waals surface area (Å²) in [4.78, 5) is 21.2. The van der Waals surface area contributed by atoms with Gasteiger partial charge in [0.2, 0.25) is 0 Å². The number of nitrogens with zero attached hydrogens (tertiary/aromatic N) is 1. The van der Waals surface area contributed by atoms with Crippen LogP contribution in [0.25, 0.3) is 21.7 Å². The van der Waals surface area contributed by atoms with Crippen molar-refractivity contribution in [1.29, 1.82) is 0 Å². The zero-order chi connectivity index (χ0) is 23.7. The molecule has 7 nitrogen and oxygen atoms in total. The van der Waals surface area contributed by atoms with Crippen LogP contribution in [0.15, 0.2) is 42.6 Å². The monoisotopic (exact) mass is 455 g/mol. The Balaban J connectivity index is 1.80. The van der Waals surface area contributed by atoms with Crippen molar-refractivity contribution in [1.82, 2.24) is 15.3 Å². The Morgan fingerprint density at radius 1 is 1.06 bits per heavy atom. The van der Waals surface area contributed by atoms with Crippen molar-refractivity contribution >= 4 is 29.3 Å². The van der Waals surface area contributed by atoms with Gasteiger partial charge in [0.15, 0.2) is 0 Å². The molecule has 9 heteroatoms. The van der Waals surface area contributed by atoms with Crippen LogP contribution in [0.2, 0.25) is 0 Å². The molecule has 32 heavy (non-hydrogen) atoms. The molecule has 1 atom stereocenters. The zero-order valence-corrected chi connectivity index (χ0v) is 20.1. The Hall–Kier alpha value is -2.62. The molecule has 3 aromatic rings. The maximum absolute atomic E-state index is 12.4. The minimum Gasteiger partial charge on any atom is -0.444 e. The summed E-state index contributed by atoms with van der Waals surface area (Å²) in [6, 6.07) is 11.2. The highest BCUT2D eigenvalue weighted by molar-refractivity contribution is 7.24. The van der Waals surface area contributed by atoms with Gasteiger partial charge in [0.25, 0.3) is 0 Å². The number of aromatic nitrogens is 2. The second-order valence-corrected chi connectivity index (χ2v) is 10.9. The molecule has 0 aliphatic heterocycles. The minimum absolute atomic E-state index is 0.288. The number of imidazole rings is 1. The SMILES string of the molecule is CC(C)(C)OC(=O)NC(c1ncc(-c2ccc(-c3ccc(B(O)O)s3)cc2)[nH]1)C(C)(C)C. The molecule has 1 unspecified atom stereocenters. The van der Waals surface area contributed by atoms with E-state index in [9.17, 15) is 14.8 Å². The molecule has 0 fully saturated rings. The van der Waals surface area contributed by atoms with E-state index in [0.29, 0.717) is 10.6 Å². The molecule has 0 radical (unpaired) electrons. The van der Waals surface area contributed by atoms with Gasteiger partial charge in [0.05, 0.1) is 17.9 Å². The van der Waals surface area contributed by atoms with Crippen molar-refractivity contribution in [3.05, 3.63) is 48.4 Å². The maximum atomic E-state index is 12.4. The van der Waals surface area contributed by atoms with Crippen LogP contribution in [0.1, 0.15) is 53.4 Å². The second kappa shape index (κ2) is 9.09. The van der Waals surface area contributed by atoms with E-state index in [2.05, 4.69) is 15.3 Å².